The molecule has 0 bridgehead atoms. The second-order valence-corrected chi connectivity index (χ2v) is 7.79. The maximum atomic E-state index is 11.9. The Labute approximate surface area is 125 Å². The molecule has 2 amide bonds. The van der Waals surface area contributed by atoms with Crippen molar-refractivity contribution in [2.24, 2.45) is 11.3 Å². The Bertz CT molecular complexity index is 336. The topological polar surface area (TPSA) is 78.4 Å². The molecule has 0 aromatic heterocycles. The minimum Gasteiger partial charge on any atom is -0.481 e. The van der Waals surface area contributed by atoms with Crippen molar-refractivity contribution >= 4 is 23.8 Å². The molecule has 0 spiro atoms. The van der Waals surface area contributed by atoms with E-state index in [1.165, 1.54) is 5.75 Å². The summed E-state index contributed by atoms with van der Waals surface area (Å²) in [5, 5.41) is 14.6. The standard InChI is InChI=1S/C14H26N2O3S/c1-14(2,3)7-11(6-12(17)18)16-13(19)15-8-10-4-5-20-9-10/h10-11H,4-9H2,1-3H3,(H,17,18)(H2,15,16,19). The fraction of sp³-hybridized carbons (Fsp3) is 0.857. The number of thioether (sulfide) groups is 1. The number of nitrogens with one attached hydrogen (secondary N) is 2. The van der Waals surface area contributed by atoms with Gasteiger partial charge in [0.25, 0.3) is 0 Å². The van der Waals surface area contributed by atoms with Crippen LogP contribution in [0.4, 0.5) is 4.79 Å². The van der Waals surface area contributed by atoms with Gasteiger partial charge in [-0.1, -0.05) is 20.8 Å². The number of carbonyl (C=O) groups is 2. The first-order valence-corrected chi connectivity index (χ1v) is 8.25. The smallest absolute Gasteiger partial charge is 0.315 e. The number of urea groups is 1. The van der Waals surface area contributed by atoms with E-state index < -0.39 is 5.97 Å². The Balaban J connectivity index is 2.37. The van der Waals surface area contributed by atoms with Crippen molar-refractivity contribution in [2.45, 2.75) is 46.1 Å². The predicted molar refractivity (Wildman–Crippen MR) is 82.1 cm³/mol. The molecule has 0 aromatic carbocycles. The molecule has 1 aliphatic heterocycles. The minimum atomic E-state index is -0.883. The van der Waals surface area contributed by atoms with Gasteiger partial charge in [0, 0.05) is 12.6 Å². The highest BCUT2D eigenvalue weighted by Gasteiger charge is 2.23. The second kappa shape index (κ2) is 7.76. The Morgan fingerprint density at radius 1 is 1.40 bits per heavy atom. The van der Waals surface area contributed by atoms with Crippen LogP contribution in [0.15, 0.2) is 0 Å². The Kier molecular flexibility index (Phi) is 6.65. The molecule has 116 valence electrons. The lowest BCUT2D eigenvalue weighted by Gasteiger charge is -2.26. The van der Waals surface area contributed by atoms with Gasteiger partial charge in [0.2, 0.25) is 0 Å². The van der Waals surface area contributed by atoms with E-state index in [0.717, 1.165) is 12.2 Å². The fourth-order valence-corrected chi connectivity index (χ4v) is 3.63. The van der Waals surface area contributed by atoms with E-state index >= 15 is 0 Å². The monoisotopic (exact) mass is 302 g/mol. The number of hydrogen-bond donors (Lipinski definition) is 3. The number of carbonyl (C=O) groups excluding carboxylic acids is 1. The van der Waals surface area contributed by atoms with E-state index in [-0.39, 0.29) is 23.9 Å². The summed E-state index contributed by atoms with van der Waals surface area (Å²) in [7, 11) is 0. The number of carboxylic acids is 1. The molecule has 0 aromatic rings. The van der Waals surface area contributed by atoms with Gasteiger partial charge < -0.3 is 15.7 Å². The van der Waals surface area contributed by atoms with Gasteiger partial charge in [-0.2, -0.15) is 11.8 Å². The van der Waals surface area contributed by atoms with Crippen LogP contribution < -0.4 is 10.6 Å². The minimum absolute atomic E-state index is 0.0184. The molecule has 3 N–H and O–H groups in total. The number of amides is 2. The van der Waals surface area contributed by atoms with Crippen molar-refractivity contribution < 1.29 is 14.7 Å². The molecule has 2 unspecified atom stereocenters. The van der Waals surface area contributed by atoms with Gasteiger partial charge in [0.05, 0.1) is 6.42 Å². The molecule has 20 heavy (non-hydrogen) atoms. The largest absolute Gasteiger partial charge is 0.481 e. The molecule has 6 heteroatoms. The van der Waals surface area contributed by atoms with Gasteiger partial charge in [-0.05, 0) is 35.7 Å². The first kappa shape index (κ1) is 17.1. The van der Waals surface area contributed by atoms with Gasteiger partial charge in [-0.25, -0.2) is 4.79 Å². The normalized spacial score (nSPS) is 20.4. The van der Waals surface area contributed by atoms with Crippen LogP contribution in [0, 0.1) is 11.3 Å². The molecule has 1 saturated heterocycles. The molecule has 0 aliphatic carbocycles. The van der Waals surface area contributed by atoms with Gasteiger partial charge >= 0.3 is 12.0 Å². The lowest BCUT2D eigenvalue weighted by Crippen LogP contribution is -2.45. The molecule has 1 aliphatic rings. The van der Waals surface area contributed by atoms with Crippen molar-refractivity contribution in [3.05, 3.63) is 0 Å². The third kappa shape index (κ3) is 7.62. The summed E-state index contributed by atoms with van der Waals surface area (Å²) in [5.41, 5.74) is -0.0184. The highest BCUT2D eigenvalue weighted by Crippen LogP contribution is 2.23. The van der Waals surface area contributed by atoms with Crippen LogP contribution in [0.25, 0.3) is 0 Å². The zero-order valence-electron chi connectivity index (χ0n) is 12.6. The number of rotatable bonds is 6. The predicted octanol–water partition coefficient (Wildman–Crippen LogP) is 2.32. The lowest BCUT2D eigenvalue weighted by molar-refractivity contribution is -0.137. The Morgan fingerprint density at radius 3 is 2.60 bits per heavy atom. The van der Waals surface area contributed by atoms with Crippen LogP contribution in [0.3, 0.4) is 0 Å². The molecule has 0 saturated carbocycles. The number of aliphatic carboxylic acids is 1. The van der Waals surface area contributed by atoms with Crippen molar-refractivity contribution in [3.8, 4) is 0 Å². The summed E-state index contributed by atoms with van der Waals surface area (Å²) in [6.07, 6.45) is 1.75. The van der Waals surface area contributed by atoms with Gasteiger partial charge in [0.15, 0.2) is 0 Å². The first-order chi connectivity index (χ1) is 9.26. The highest BCUT2D eigenvalue weighted by molar-refractivity contribution is 7.99. The summed E-state index contributed by atoms with van der Waals surface area (Å²) in [5.74, 6) is 1.93. The molecule has 5 nitrogen and oxygen atoms in total. The number of carboxylic acid groups (broad SMARTS) is 1. The third-order valence-electron chi connectivity index (χ3n) is 3.19. The molecule has 2 atom stereocenters. The summed E-state index contributed by atoms with van der Waals surface area (Å²) in [6, 6.07) is -0.581. The highest BCUT2D eigenvalue weighted by atomic mass is 32.2. The SMILES string of the molecule is CC(C)(C)CC(CC(=O)O)NC(=O)NCC1CCSC1. The van der Waals surface area contributed by atoms with Gasteiger partial charge in [0.1, 0.15) is 0 Å². The molecule has 1 fully saturated rings. The second-order valence-electron chi connectivity index (χ2n) is 6.64. The molecular weight excluding hydrogens is 276 g/mol. The van der Waals surface area contributed by atoms with E-state index in [4.69, 9.17) is 5.11 Å². The van der Waals surface area contributed by atoms with E-state index in [2.05, 4.69) is 10.6 Å². The van der Waals surface area contributed by atoms with E-state index in [9.17, 15) is 9.59 Å². The van der Waals surface area contributed by atoms with Crippen molar-refractivity contribution in [3.63, 3.8) is 0 Å². The van der Waals surface area contributed by atoms with E-state index in [1.807, 2.05) is 32.5 Å². The van der Waals surface area contributed by atoms with E-state index in [1.54, 1.807) is 0 Å². The summed E-state index contributed by atoms with van der Waals surface area (Å²) in [4.78, 5) is 22.7. The van der Waals surface area contributed by atoms with Crippen LogP contribution in [-0.4, -0.2) is 41.2 Å². The van der Waals surface area contributed by atoms with Crippen molar-refractivity contribution in [1.82, 2.24) is 10.6 Å². The van der Waals surface area contributed by atoms with Gasteiger partial charge in [-0.15, -0.1) is 0 Å². The lowest BCUT2D eigenvalue weighted by atomic mass is 9.87. The van der Waals surface area contributed by atoms with Crippen LogP contribution in [-0.2, 0) is 4.79 Å². The molecule has 0 radical (unpaired) electrons. The first-order valence-electron chi connectivity index (χ1n) is 7.10. The number of hydrogen-bond acceptors (Lipinski definition) is 3. The maximum Gasteiger partial charge on any atom is 0.315 e. The zero-order chi connectivity index (χ0) is 15.2. The Hall–Kier alpha value is -0.910. The summed E-state index contributed by atoms with van der Waals surface area (Å²) in [6.45, 7) is 6.79. The molecule has 1 rings (SSSR count). The maximum absolute atomic E-state index is 11.9. The summed E-state index contributed by atoms with van der Waals surface area (Å²) < 4.78 is 0. The van der Waals surface area contributed by atoms with Crippen LogP contribution in [0.2, 0.25) is 0 Å². The van der Waals surface area contributed by atoms with Crippen molar-refractivity contribution in [1.29, 1.82) is 0 Å². The molecular formula is C14H26N2O3S. The quantitative estimate of drug-likeness (QED) is 0.703. The third-order valence-corrected chi connectivity index (χ3v) is 4.42. The van der Waals surface area contributed by atoms with Gasteiger partial charge in [-0.3, -0.25) is 4.79 Å². The van der Waals surface area contributed by atoms with E-state index in [0.29, 0.717) is 18.9 Å². The average molecular weight is 302 g/mol. The van der Waals surface area contributed by atoms with Crippen LogP contribution >= 0.6 is 11.8 Å². The fourth-order valence-electron chi connectivity index (χ4n) is 2.34. The average Bonchev–Trinajstić information content (AvgIpc) is 2.75. The zero-order valence-corrected chi connectivity index (χ0v) is 13.4. The van der Waals surface area contributed by atoms with Crippen LogP contribution in [0.1, 0.15) is 40.0 Å². The summed E-state index contributed by atoms with van der Waals surface area (Å²) >= 11 is 1.91. The van der Waals surface area contributed by atoms with Crippen molar-refractivity contribution in [2.75, 3.05) is 18.1 Å². The molecule has 1 heterocycles. The Morgan fingerprint density at radius 2 is 2.10 bits per heavy atom. The van der Waals surface area contributed by atoms with Crippen LogP contribution in [0.5, 0.6) is 0 Å².